The molecule has 2 aliphatic rings. The van der Waals surface area contributed by atoms with Gasteiger partial charge in [-0.15, -0.1) is 0 Å². The monoisotopic (exact) mass is 482 g/mol. The lowest BCUT2D eigenvalue weighted by molar-refractivity contribution is 0.0721. The molecule has 0 bridgehead atoms. The number of halogens is 2. The molecule has 3 heterocycles. The third kappa shape index (κ3) is 4.61. The van der Waals surface area contributed by atoms with E-state index in [1.54, 1.807) is 19.2 Å². The average Bonchev–Trinajstić information content (AvgIpc) is 2.89. The number of hydrogen-bond donors (Lipinski definition) is 0. The van der Waals surface area contributed by atoms with E-state index < -0.39 is 23.1 Å². The third-order valence-corrected chi connectivity index (χ3v) is 6.04. The Morgan fingerprint density at radius 3 is 2.40 bits per heavy atom. The summed E-state index contributed by atoms with van der Waals surface area (Å²) in [4.78, 5) is 25.9. The number of para-hydroxylation sites is 2. The molecular formula is C25H24F2N4O4. The largest absolute Gasteiger partial charge is 0.493 e. The lowest BCUT2D eigenvalue weighted by Gasteiger charge is -2.32. The van der Waals surface area contributed by atoms with Crippen LogP contribution in [0.5, 0.6) is 17.4 Å². The first-order chi connectivity index (χ1) is 17.0. The summed E-state index contributed by atoms with van der Waals surface area (Å²) in [6, 6.07) is 10.5. The minimum absolute atomic E-state index is 0.0514. The molecule has 1 amide bonds. The first-order valence-electron chi connectivity index (χ1n) is 11.3. The van der Waals surface area contributed by atoms with Gasteiger partial charge in [-0.3, -0.25) is 4.79 Å². The van der Waals surface area contributed by atoms with Crippen LogP contribution >= 0.6 is 0 Å². The van der Waals surface area contributed by atoms with Gasteiger partial charge in [-0.05, 0) is 24.3 Å². The molecule has 2 aliphatic heterocycles. The van der Waals surface area contributed by atoms with Gasteiger partial charge in [0.05, 0.1) is 38.1 Å². The summed E-state index contributed by atoms with van der Waals surface area (Å²) in [5.41, 5.74) is 0.739. The fraction of sp³-hybridized carbons (Fsp3) is 0.320. The molecule has 5 rings (SSSR count). The molecule has 1 saturated heterocycles. The standard InChI is InChI=1S/C25H24F2N4O4/c1-33-20-7-2-3-8-21(20)35-23-16-15-31(24(32)22-17(26)5-4-6-18(22)27)10-9-19(16)28-25(29-23)30-11-13-34-14-12-30/h2-8H,9-15H2,1H3. The molecule has 1 fully saturated rings. The summed E-state index contributed by atoms with van der Waals surface area (Å²) >= 11 is 0. The van der Waals surface area contributed by atoms with Gasteiger partial charge in [0.15, 0.2) is 11.5 Å². The molecule has 0 spiro atoms. The van der Waals surface area contributed by atoms with Crippen LogP contribution in [0, 0.1) is 11.6 Å². The van der Waals surface area contributed by atoms with E-state index in [9.17, 15) is 13.6 Å². The third-order valence-electron chi connectivity index (χ3n) is 6.04. The van der Waals surface area contributed by atoms with E-state index in [0.29, 0.717) is 55.7 Å². The Kier molecular flexibility index (Phi) is 6.45. The second-order valence-electron chi connectivity index (χ2n) is 8.18. The molecule has 0 radical (unpaired) electrons. The number of methoxy groups -OCH3 is 1. The Labute approximate surface area is 201 Å². The second-order valence-corrected chi connectivity index (χ2v) is 8.18. The molecule has 0 N–H and O–H groups in total. The number of nitrogens with zero attached hydrogens (tertiary/aromatic N) is 4. The molecule has 1 aromatic heterocycles. The summed E-state index contributed by atoms with van der Waals surface area (Å²) in [5.74, 6) is -0.774. The molecule has 182 valence electrons. The Bertz CT molecular complexity index is 1230. The molecule has 0 unspecified atom stereocenters. The SMILES string of the molecule is COc1ccccc1Oc1nc(N2CCOCC2)nc2c1CN(C(=O)c1c(F)cccc1F)CC2. The van der Waals surface area contributed by atoms with Gasteiger partial charge in [0, 0.05) is 26.1 Å². The van der Waals surface area contributed by atoms with Crippen molar-refractivity contribution in [3.8, 4) is 17.4 Å². The Hall–Kier alpha value is -3.79. The van der Waals surface area contributed by atoms with E-state index in [1.165, 1.54) is 11.0 Å². The van der Waals surface area contributed by atoms with Crippen molar-refractivity contribution in [2.45, 2.75) is 13.0 Å². The molecule has 35 heavy (non-hydrogen) atoms. The van der Waals surface area contributed by atoms with Crippen LogP contribution in [0.25, 0.3) is 0 Å². The number of amides is 1. The highest BCUT2D eigenvalue weighted by atomic mass is 19.1. The number of benzene rings is 2. The zero-order valence-corrected chi connectivity index (χ0v) is 19.2. The second kappa shape index (κ2) is 9.83. The van der Waals surface area contributed by atoms with Crippen LogP contribution in [0.15, 0.2) is 42.5 Å². The number of carbonyl (C=O) groups excluding carboxylic acids is 1. The smallest absolute Gasteiger partial charge is 0.260 e. The molecule has 3 aromatic rings. The zero-order valence-electron chi connectivity index (χ0n) is 19.2. The predicted molar refractivity (Wildman–Crippen MR) is 123 cm³/mol. The summed E-state index contributed by atoms with van der Waals surface area (Å²) in [6.07, 6.45) is 0.388. The summed E-state index contributed by atoms with van der Waals surface area (Å²) < 4.78 is 45.6. The minimum atomic E-state index is -0.898. The van der Waals surface area contributed by atoms with Crippen molar-refractivity contribution in [3.63, 3.8) is 0 Å². The van der Waals surface area contributed by atoms with E-state index in [0.717, 1.165) is 17.8 Å². The first-order valence-corrected chi connectivity index (χ1v) is 11.3. The van der Waals surface area contributed by atoms with E-state index >= 15 is 0 Å². The van der Waals surface area contributed by atoms with Gasteiger partial charge in [0.2, 0.25) is 11.8 Å². The maximum atomic E-state index is 14.3. The quantitative estimate of drug-likeness (QED) is 0.550. The molecule has 0 saturated carbocycles. The maximum absolute atomic E-state index is 14.3. The number of aromatic nitrogens is 2. The highest BCUT2D eigenvalue weighted by Gasteiger charge is 2.31. The molecular weight excluding hydrogens is 458 g/mol. The van der Waals surface area contributed by atoms with E-state index in [2.05, 4.69) is 4.98 Å². The maximum Gasteiger partial charge on any atom is 0.260 e. The highest BCUT2D eigenvalue weighted by molar-refractivity contribution is 5.95. The van der Waals surface area contributed by atoms with Crippen molar-refractivity contribution in [1.82, 2.24) is 14.9 Å². The Balaban J connectivity index is 1.52. The number of carbonyl (C=O) groups is 1. The van der Waals surface area contributed by atoms with Crippen LogP contribution in [0.2, 0.25) is 0 Å². The summed E-state index contributed by atoms with van der Waals surface area (Å²) in [7, 11) is 1.54. The number of ether oxygens (including phenoxy) is 3. The Morgan fingerprint density at radius 1 is 0.971 bits per heavy atom. The van der Waals surface area contributed by atoms with Crippen molar-refractivity contribution in [3.05, 3.63) is 70.9 Å². The molecule has 0 aliphatic carbocycles. The lowest BCUT2D eigenvalue weighted by atomic mass is 10.0. The number of hydrogen-bond acceptors (Lipinski definition) is 7. The summed E-state index contributed by atoms with van der Waals surface area (Å²) in [6.45, 7) is 2.73. The van der Waals surface area contributed by atoms with Gasteiger partial charge in [0.25, 0.3) is 5.91 Å². The molecule has 0 atom stereocenters. The van der Waals surface area contributed by atoms with Gasteiger partial charge >= 0.3 is 0 Å². The molecule has 2 aromatic carbocycles. The number of fused-ring (bicyclic) bond motifs is 1. The topological polar surface area (TPSA) is 77.0 Å². The van der Waals surface area contributed by atoms with E-state index in [4.69, 9.17) is 19.2 Å². The fourth-order valence-corrected chi connectivity index (χ4v) is 4.20. The van der Waals surface area contributed by atoms with Crippen molar-refractivity contribution < 1.29 is 27.8 Å². The van der Waals surface area contributed by atoms with Crippen LogP contribution in [-0.2, 0) is 17.7 Å². The van der Waals surface area contributed by atoms with Crippen molar-refractivity contribution in [2.75, 3.05) is 44.9 Å². The molecule has 8 nitrogen and oxygen atoms in total. The predicted octanol–water partition coefficient (Wildman–Crippen LogP) is 3.59. The minimum Gasteiger partial charge on any atom is -0.493 e. The van der Waals surface area contributed by atoms with Crippen LogP contribution < -0.4 is 14.4 Å². The highest BCUT2D eigenvalue weighted by Crippen LogP contribution is 2.36. The number of morpholine rings is 1. The zero-order chi connectivity index (χ0) is 24.4. The number of anilines is 1. The average molecular weight is 482 g/mol. The van der Waals surface area contributed by atoms with E-state index in [-0.39, 0.29) is 19.0 Å². The summed E-state index contributed by atoms with van der Waals surface area (Å²) in [5, 5.41) is 0. The van der Waals surface area contributed by atoms with Gasteiger partial charge < -0.3 is 24.0 Å². The van der Waals surface area contributed by atoms with Gasteiger partial charge in [-0.25, -0.2) is 13.8 Å². The lowest BCUT2D eigenvalue weighted by Crippen LogP contribution is -2.40. The number of rotatable bonds is 5. The first kappa shape index (κ1) is 23.0. The van der Waals surface area contributed by atoms with Crippen molar-refractivity contribution in [1.29, 1.82) is 0 Å². The van der Waals surface area contributed by atoms with Gasteiger partial charge in [-0.1, -0.05) is 18.2 Å². The van der Waals surface area contributed by atoms with Crippen LogP contribution in [0.3, 0.4) is 0 Å². The Morgan fingerprint density at radius 2 is 1.69 bits per heavy atom. The van der Waals surface area contributed by atoms with Crippen molar-refractivity contribution >= 4 is 11.9 Å². The van der Waals surface area contributed by atoms with E-state index in [1.807, 2.05) is 17.0 Å². The normalized spacial score (nSPS) is 15.5. The van der Waals surface area contributed by atoms with Crippen LogP contribution in [0.4, 0.5) is 14.7 Å². The van der Waals surface area contributed by atoms with Crippen molar-refractivity contribution in [2.24, 2.45) is 0 Å². The van der Waals surface area contributed by atoms with Gasteiger partial charge in [-0.2, -0.15) is 4.98 Å². The van der Waals surface area contributed by atoms with Crippen LogP contribution in [-0.4, -0.2) is 60.7 Å². The molecule has 10 heteroatoms. The fourth-order valence-electron chi connectivity index (χ4n) is 4.20. The van der Waals surface area contributed by atoms with Crippen LogP contribution in [0.1, 0.15) is 21.6 Å². The van der Waals surface area contributed by atoms with Gasteiger partial charge in [0.1, 0.15) is 17.2 Å².